The topological polar surface area (TPSA) is 21.3 Å². The molecule has 0 heterocycles. The van der Waals surface area contributed by atoms with Gasteiger partial charge in [-0.15, -0.1) is 0 Å². The molecule has 0 aromatic heterocycles. The van der Waals surface area contributed by atoms with Crippen molar-refractivity contribution in [3.8, 4) is 0 Å². The second-order valence-corrected chi connectivity index (χ2v) is 4.02. The van der Waals surface area contributed by atoms with Gasteiger partial charge in [0.15, 0.2) is 0 Å². The fourth-order valence-corrected chi connectivity index (χ4v) is 1.37. The molecule has 0 aliphatic carbocycles. The maximum absolute atomic E-state index is 12.3. The third-order valence-corrected chi connectivity index (χ3v) is 2.27. The van der Waals surface area contributed by atoms with Crippen molar-refractivity contribution >= 4 is 5.69 Å². The van der Waals surface area contributed by atoms with Crippen molar-refractivity contribution in [1.82, 2.24) is 0 Å². The molecule has 0 atom stereocenters. The van der Waals surface area contributed by atoms with E-state index in [1.165, 1.54) is 12.1 Å². The highest BCUT2D eigenvalue weighted by atomic mass is 19.4. The summed E-state index contributed by atoms with van der Waals surface area (Å²) in [5.41, 5.74) is -0.287. The van der Waals surface area contributed by atoms with Crippen LogP contribution in [0.4, 0.5) is 32.0 Å². The average Bonchev–Trinajstić information content (AvgIpc) is 2.32. The van der Waals surface area contributed by atoms with Crippen LogP contribution in [0, 0.1) is 0 Å². The van der Waals surface area contributed by atoms with Crippen LogP contribution in [0.2, 0.25) is 0 Å². The van der Waals surface area contributed by atoms with Gasteiger partial charge in [-0.2, -0.15) is 26.3 Å². The third kappa shape index (κ3) is 6.65. The van der Waals surface area contributed by atoms with E-state index in [0.717, 1.165) is 12.1 Å². The van der Waals surface area contributed by atoms with E-state index in [1.54, 1.807) is 0 Å². The second kappa shape index (κ2) is 6.83. The Morgan fingerprint density at radius 3 is 2.05 bits per heavy atom. The highest BCUT2D eigenvalue weighted by Gasteiger charge is 2.30. The predicted molar refractivity (Wildman–Crippen MR) is 61.4 cm³/mol. The van der Waals surface area contributed by atoms with Crippen LogP contribution in [0.15, 0.2) is 24.3 Å². The van der Waals surface area contributed by atoms with Crippen molar-refractivity contribution in [2.75, 3.05) is 25.1 Å². The number of alkyl halides is 6. The molecule has 0 saturated heterocycles. The maximum Gasteiger partial charge on any atom is 0.416 e. The Hall–Kier alpha value is -1.44. The molecule has 0 spiro atoms. The first-order valence-corrected chi connectivity index (χ1v) is 5.74. The van der Waals surface area contributed by atoms with Crippen molar-refractivity contribution in [2.45, 2.75) is 18.8 Å². The van der Waals surface area contributed by atoms with E-state index in [0.29, 0.717) is 18.7 Å². The summed E-state index contributed by atoms with van der Waals surface area (Å²) in [6.07, 6.45) is -8.41. The van der Waals surface area contributed by atoms with Crippen LogP contribution < -0.4 is 5.32 Å². The highest BCUT2D eigenvalue weighted by molar-refractivity contribution is 5.44. The molecule has 0 bridgehead atoms. The van der Waals surface area contributed by atoms with Gasteiger partial charge in [0.25, 0.3) is 0 Å². The summed E-state index contributed by atoms with van der Waals surface area (Å²) < 4.78 is 76.4. The van der Waals surface area contributed by atoms with Crippen molar-refractivity contribution in [3.63, 3.8) is 0 Å². The lowest BCUT2D eigenvalue weighted by Crippen LogP contribution is -2.18. The zero-order valence-electron chi connectivity index (χ0n) is 10.3. The predicted octanol–water partition coefficient (Wildman–Crippen LogP) is 4.09. The van der Waals surface area contributed by atoms with Crippen LogP contribution in [-0.2, 0) is 10.9 Å². The molecule has 0 amide bonds. The zero-order chi connectivity index (χ0) is 15.2. The van der Waals surface area contributed by atoms with Crippen LogP contribution in [0.25, 0.3) is 0 Å². The first-order valence-electron chi connectivity index (χ1n) is 5.74. The standard InChI is InChI=1S/C12H13F6NO/c13-11(14,15)8-20-7-1-6-19-10-4-2-9(3-5-10)12(16,17)18/h2-5,19H,1,6-8H2. The van der Waals surface area contributed by atoms with E-state index in [2.05, 4.69) is 10.1 Å². The van der Waals surface area contributed by atoms with E-state index in [4.69, 9.17) is 0 Å². The molecule has 20 heavy (non-hydrogen) atoms. The Morgan fingerprint density at radius 1 is 0.950 bits per heavy atom. The Labute approximate surface area is 111 Å². The summed E-state index contributed by atoms with van der Waals surface area (Å²) in [5.74, 6) is 0. The monoisotopic (exact) mass is 301 g/mol. The summed E-state index contributed by atoms with van der Waals surface area (Å²) in [6.45, 7) is -1.07. The van der Waals surface area contributed by atoms with Gasteiger partial charge >= 0.3 is 12.4 Å². The summed E-state index contributed by atoms with van der Waals surface area (Å²) in [5, 5.41) is 2.79. The molecule has 0 radical (unpaired) electrons. The number of anilines is 1. The van der Waals surface area contributed by atoms with Crippen LogP contribution in [0.3, 0.4) is 0 Å². The molecule has 1 N–H and O–H groups in total. The molecule has 1 rings (SSSR count). The van der Waals surface area contributed by atoms with Crippen molar-refractivity contribution in [3.05, 3.63) is 29.8 Å². The van der Waals surface area contributed by atoms with E-state index in [-0.39, 0.29) is 6.61 Å². The first-order chi connectivity index (χ1) is 9.18. The largest absolute Gasteiger partial charge is 0.416 e. The maximum atomic E-state index is 12.3. The number of hydrogen-bond acceptors (Lipinski definition) is 2. The Balaban J connectivity index is 2.23. The van der Waals surface area contributed by atoms with Gasteiger partial charge in [0.1, 0.15) is 6.61 Å². The van der Waals surface area contributed by atoms with Gasteiger partial charge in [-0.25, -0.2) is 0 Å². The second-order valence-electron chi connectivity index (χ2n) is 4.02. The minimum Gasteiger partial charge on any atom is -0.385 e. The summed E-state index contributed by atoms with van der Waals surface area (Å²) in [4.78, 5) is 0. The molecule has 0 fully saturated rings. The van der Waals surface area contributed by atoms with Gasteiger partial charge in [0, 0.05) is 18.8 Å². The lowest BCUT2D eigenvalue weighted by Gasteiger charge is -2.10. The third-order valence-electron chi connectivity index (χ3n) is 2.27. The first kappa shape index (κ1) is 16.6. The quantitative estimate of drug-likeness (QED) is 0.631. The van der Waals surface area contributed by atoms with Gasteiger partial charge < -0.3 is 10.1 Å². The molecule has 0 aliphatic heterocycles. The van der Waals surface area contributed by atoms with Gasteiger partial charge in [0.2, 0.25) is 0 Å². The Kier molecular flexibility index (Phi) is 5.67. The minimum atomic E-state index is -4.38. The van der Waals surface area contributed by atoms with Crippen molar-refractivity contribution in [1.29, 1.82) is 0 Å². The zero-order valence-corrected chi connectivity index (χ0v) is 10.3. The molecule has 1 aromatic rings. The van der Waals surface area contributed by atoms with Gasteiger partial charge in [0.05, 0.1) is 5.56 Å². The summed E-state index contributed by atoms with van der Waals surface area (Å²) >= 11 is 0. The van der Waals surface area contributed by atoms with Gasteiger partial charge in [-0.1, -0.05) is 0 Å². The van der Waals surface area contributed by atoms with Crippen LogP contribution >= 0.6 is 0 Å². The fraction of sp³-hybridized carbons (Fsp3) is 0.500. The van der Waals surface area contributed by atoms with Gasteiger partial charge in [-0.3, -0.25) is 0 Å². The molecule has 0 unspecified atom stereocenters. The molecule has 114 valence electrons. The number of benzene rings is 1. The molecule has 0 saturated carbocycles. The van der Waals surface area contributed by atoms with Crippen LogP contribution in [0.5, 0.6) is 0 Å². The van der Waals surface area contributed by atoms with E-state index in [9.17, 15) is 26.3 Å². The smallest absolute Gasteiger partial charge is 0.385 e. The molecule has 2 nitrogen and oxygen atoms in total. The van der Waals surface area contributed by atoms with Crippen LogP contribution in [-0.4, -0.2) is 25.9 Å². The van der Waals surface area contributed by atoms with Crippen LogP contribution in [0.1, 0.15) is 12.0 Å². The van der Waals surface area contributed by atoms with Crippen molar-refractivity contribution < 1.29 is 31.1 Å². The Bertz CT molecular complexity index is 398. The number of ether oxygens (including phenoxy) is 1. The summed E-state index contributed by atoms with van der Waals surface area (Å²) in [7, 11) is 0. The number of nitrogens with one attached hydrogen (secondary N) is 1. The Morgan fingerprint density at radius 2 is 1.55 bits per heavy atom. The van der Waals surface area contributed by atoms with E-state index in [1.807, 2.05) is 0 Å². The average molecular weight is 301 g/mol. The normalized spacial score (nSPS) is 12.5. The fourth-order valence-electron chi connectivity index (χ4n) is 1.37. The SMILES string of the molecule is FC(F)(F)COCCCNc1ccc(C(F)(F)F)cc1. The van der Waals surface area contributed by atoms with Crippen molar-refractivity contribution in [2.24, 2.45) is 0 Å². The molecule has 8 heteroatoms. The number of hydrogen-bond donors (Lipinski definition) is 1. The van der Waals surface area contributed by atoms with E-state index < -0.39 is 24.5 Å². The molecule has 0 aliphatic rings. The molecular formula is C12H13F6NO. The highest BCUT2D eigenvalue weighted by Crippen LogP contribution is 2.29. The number of rotatable bonds is 6. The summed E-state index contributed by atoms with van der Waals surface area (Å²) in [6, 6.07) is 4.39. The van der Waals surface area contributed by atoms with E-state index >= 15 is 0 Å². The molecular weight excluding hydrogens is 288 g/mol. The lowest BCUT2D eigenvalue weighted by molar-refractivity contribution is -0.173. The number of halogens is 6. The minimum absolute atomic E-state index is 0.0762. The lowest BCUT2D eigenvalue weighted by atomic mass is 10.2. The van der Waals surface area contributed by atoms with Gasteiger partial charge in [-0.05, 0) is 30.7 Å². The molecule has 1 aromatic carbocycles.